The van der Waals surface area contributed by atoms with Crippen molar-refractivity contribution in [2.45, 2.75) is 23.7 Å². The molecular formula is C5H9NaO6S. The Bertz CT molecular complexity index is 190. The zero-order chi connectivity index (χ0) is 9.30. The van der Waals surface area contributed by atoms with E-state index in [9.17, 15) is 8.76 Å². The van der Waals surface area contributed by atoms with Crippen molar-refractivity contribution in [3.63, 3.8) is 0 Å². The van der Waals surface area contributed by atoms with E-state index in [2.05, 4.69) is 4.74 Å². The average molecular weight is 220 g/mol. The minimum Gasteiger partial charge on any atom is -0.770 e. The summed E-state index contributed by atoms with van der Waals surface area (Å²) >= 11 is -2.61. The van der Waals surface area contributed by atoms with Crippen molar-refractivity contribution >= 4 is 11.1 Å². The van der Waals surface area contributed by atoms with Crippen molar-refractivity contribution in [3.05, 3.63) is 0 Å². The Morgan fingerprint density at radius 1 is 1.38 bits per heavy atom. The molecule has 0 radical (unpaired) electrons. The number of rotatable bonds is 2. The van der Waals surface area contributed by atoms with Crippen molar-refractivity contribution < 1.29 is 58.4 Å². The summed E-state index contributed by atoms with van der Waals surface area (Å²) in [6.07, 6.45) is -3.86. The smallest absolute Gasteiger partial charge is 0.770 e. The summed E-state index contributed by atoms with van der Waals surface area (Å²) < 4.78 is 25.3. The van der Waals surface area contributed by atoms with Gasteiger partial charge in [-0.15, -0.1) is 0 Å². The molecule has 3 N–H and O–H groups in total. The molecule has 0 bridgehead atoms. The Morgan fingerprint density at radius 3 is 2.15 bits per heavy atom. The van der Waals surface area contributed by atoms with Gasteiger partial charge in [0.05, 0.1) is 6.61 Å². The van der Waals surface area contributed by atoms with Crippen LogP contribution in [0.5, 0.6) is 0 Å². The molecule has 5 atom stereocenters. The predicted octanol–water partition coefficient (Wildman–Crippen LogP) is -5.69. The molecule has 6 nitrogen and oxygen atoms in total. The second-order valence-electron chi connectivity index (χ2n) is 2.47. The van der Waals surface area contributed by atoms with Crippen LogP contribution in [0.4, 0.5) is 0 Å². The summed E-state index contributed by atoms with van der Waals surface area (Å²) in [5.74, 6) is 0. The Hall–Kier alpha value is 0.950. The third kappa shape index (κ3) is 2.95. The summed E-state index contributed by atoms with van der Waals surface area (Å²) in [5.41, 5.74) is -1.45. The van der Waals surface area contributed by atoms with Crippen LogP contribution in [0.2, 0.25) is 0 Å². The first kappa shape index (κ1) is 13.9. The summed E-state index contributed by atoms with van der Waals surface area (Å²) in [4.78, 5) is 0. The number of ether oxygens (including phenoxy) is 1. The molecule has 0 aromatic heterocycles. The van der Waals surface area contributed by atoms with Crippen LogP contribution in [0, 0.1) is 0 Å². The molecule has 1 saturated heterocycles. The molecular weight excluding hydrogens is 211 g/mol. The van der Waals surface area contributed by atoms with Crippen LogP contribution in [-0.2, 0) is 15.8 Å². The summed E-state index contributed by atoms with van der Waals surface area (Å²) in [5, 5.41) is 26.7. The molecule has 2 unspecified atom stereocenters. The molecule has 1 heterocycles. The molecule has 1 fully saturated rings. The van der Waals surface area contributed by atoms with E-state index in [1.165, 1.54) is 0 Å². The van der Waals surface area contributed by atoms with Gasteiger partial charge in [-0.2, -0.15) is 0 Å². The topological polar surface area (TPSA) is 110 Å². The van der Waals surface area contributed by atoms with Crippen molar-refractivity contribution in [3.8, 4) is 0 Å². The monoisotopic (exact) mass is 220 g/mol. The molecule has 1 rings (SSSR count). The zero-order valence-corrected chi connectivity index (χ0v) is 9.81. The number of hydrogen-bond acceptors (Lipinski definition) is 6. The molecule has 8 heteroatoms. The first-order chi connectivity index (χ1) is 5.57. The fraction of sp³-hybridized carbons (Fsp3) is 1.00. The summed E-state index contributed by atoms with van der Waals surface area (Å²) in [7, 11) is 0. The largest absolute Gasteiger partial charge is 1.00 e. The maximum Gasteiger partial charge on any atom is 1.00 e. The van der Waals surface area contributed by atoms with Gasteiger partial charge in [0.25, 0.3) is 0 Å². The van der Waals surface area contributed by atoms with Gasteiger partial charge in [0.1, 0.15) is 23.7 Å². The van der Waals surface area contributed by atoms with Crippen molar-refractivity contribution in [2.24, 2.45) is 0 Å². The summed E-state index contributed by atoms with van der Waals surface area (Å²) in [6, 6.07) is 0. The van der Waals surface area contributed by atoms with Gasteiger partial charge in [-0.1, -0.05) is 0 Å². The molecule has 72 valence electrons. The fourth-order valence-electron chi connectivity index (χ4n) is 1.02. The number of hydrogen-bond donors (Lipinski definition) is 3. The van der Waals surface area contributed by atoms with Crippen LogP contribution < -0.4 is 29.6 Å². The number of aliphatic hydroxyl groups excluding tert-OH is 3. The van der Waals surface area contributed by atoms with Crippen LogP contribution in [0.15, 0.2) is 0 Å². The van der Waals surface area contributed by atoms with Gasteiger partial charge in [0, 0.05) is 0 Å². The molecule has 0 saturated carbocycles. The normalized spacial score (nSPS) is 41.2. The maximum absolute atomic E-state index is 10.3. The van der Waals surface area contributed by atoms with Crippen molar-refractivity contribution in [2.75, 3.05) is 6.61 Å². The molecule has 0 aromatic rings. The van der Waals surface area contributed by atoms with Crippen molar-refractivity contribution in [1.82, 2.24) is 0 Å². The first-order valence-electron chi connectivity index (χ1n) is 3.28. The Balaban J connectivity index is 0.00000144. The molecule has 13 heavy (non-hydrogen) atoms. The third-order valence-corrected chi connectivity index (χ3v) is 2.46. The standard InChI is InChI=1S/C5H10O6S.Na/c6-1-2-3(7)4(8)5(11-2)12(9)10;/h2-8H,1H2,(H,9,10);/q;+1/p-1/t2-,3-,4-,5?;/m1./s1. The van der Waals surface area contributed by atoms with Gasteiger partial charge in [0.15, 0.2) is 0 Å². The van der Waals surface area contributed by atoms with E-state index in [-0.39, 0.29) is 29.6 Å². The van der Waals surface area contributed by atoms with Gasteiger partial charge in [-0.05, 0) is 11.1 Å². The summed E-state index contributed by atoms with van der Waals surface area (Å²) in [6.45, 7) is -0.522. The Labute approximate surface area is 99.5 Å². The fourth-order valence-corrected chi connectivity index (χ4v) is 1.65. The van der Waals surface area contributed by atoms with Gasteiger partial charge < -0.3 is 24.6 Å². The first-order valence-corrected chi connectivity index (χ1v) is 4.42. The molecule has 0 amide bonds. The van der Waals surface area contributed by atoms with E-state index >= 15 is 0 Å². The Morgan fingerprint density at radius 2 is 1.92 bits per heavy atom. The minimum atomic E-state index is -2.61. The van der Waals surface area contributed by atoms with Gasteiger partial charge in [0.2, 0.25) is 0 Å². The zero-order valence-electron chi connectivity index (χ0n) is 6.99. The second-order valence-corrected chi connectivity index (χ2v) is 3.45. The SMILES string of the molecule is O=S([O-])C1O[C@H](CO)[C@@H](O)[C@H]1O.[Na+]. The molecule has 1 aliphatic heterocycles. The molecule has 0 aliphatic carbocycles. The minimum absolute atomic E-state index is 0. The van der Waals surface area contributed by atoms with Crippen LogP contribution in [0.1, 0.15) is 0 Å². The molecule has 0 aromatic carbocycles. The Kier molecular flexibility index (Phi) is 6.16. The van der Waals surface area contributed by atoms with E-state index in [0.29, 0.717) is 0 Å². The van der Waals surface area contributed by atoms with E-state index in [1.54, 1.807) is 0 Å². The van der Waals surface area contributed by atoms with Crippen LogP contribution in [0.25, 0.3) is 0 Å². The van der Waals surface area contributed by atoms with Crippen LogP contribution in [0.3, 0.4) is 0 Å². The quantitative estimate of drug-likeness (QED) is 0.316. The number of aliphatic hydroxyl groups is 3. The predicted molar refractivity (Wildman–Crippen MR) is 36.7 cm³/mol. The second kappa shape index (κ2) is 5.74. The van der Waals surface area contributed by atoms with Gasteiger partial charge >= 0.3 is 29.6 Å². The maximum atomic E-state index is 10.3. The average Bonchev–Trinajstić information content (AvgIpc) is 2.30. The van der Waals surface area contributed by atoms with E-state index < -0.39 is 41.4 Å². The van der Waals surface area contributed by atoms with E-state index in [1.807, 2.05) is 0 Å². The molecule has 0 spiro atoms. The van der Waals surface area contributed by atoms with Crippen molar-refractivity contribution in [1.29, 1.82) is 0 Å². The van der Waals surface area contributed by atoms with E-state index in [4.69, 9.17) is 15.3 Å². The van der Waals surface area contributed by atoms with E-state index in [0.717, 1.165) is 0 Å². The van der Waals surface area contributed by atoms with Crippen LogP contribution in [-0.4, -0.2) is 54.4 Å². The third-order valence-electron chi connectivity index (χ3n) is 1.69. The van der Waals surface area contributed by atoms with Gasteiger partial charge in [-0.25, -0.2) is 0 Å². The van der Waals surface area contributed by atoms with Crippen LogP contribution >= 0.6 is 0 Å². The van der Waals surface area contributed by atoms with Gasteiger partial charge in [-0.3, -0.25) is 4.21 Å². The molecule has 1 aliphatic rings.